The van der Waals surface area contributed by atoms with Crippen LogP contribution in [-0.2, 0) is 17.7 Å². The summed E-state index contributed by atoms with van der Waals surface area (Å²) in [6.45, 7) is 1.61. The molecule has 2 aromatic rings. The molecule has 5 nitrogen and oxygen atoms in total. The largest absolute Gasteiger partial charge is 0.493 e. The van der Waals surface area contributed by atoms with E-state index >= 15 is 0 Å². The molecule has 0 aliphatic rings. The number of hydrogen-bond donors (Lipinski definition) is 1. The van der Waals surface area contributed by atoms with Crippen LogP contribution in [0.25, 0.3) is 0 Å². The Kier molecular flexibility index (Phi) is 5.30. The zero-order valence-electron chi connectivity index (χ0n) is 12.2. The van der Waals surface area contributed by atoms with Crippen molar-refractivity contribution < 1.29 is 23.0 Å². The predicted octanol–water partition coefficient (Wildman–Crippen LogP) is 3.06. The van der Waals surface area contributed by atoms with Crippen LogP contribution in [0.2, 0.25) is 0 Å². The van der Waals surface area contributed by atoms with E-state index in [9.17, 15) is 13.6 Å². The second kappa shape index (κ2) is 7.20. The number of ketones is 1. The first-order valence-corrected chi connectivity index (χ1v) is 7.64. The second-order valence-electron chi connectivity index (χ2n) is 4.58. The van der Waals surface area contributed by atoms with Crippen molar-refractivity contribution in [2.45, 2.75) is 18.4 Å². The Balaban J connectivity index is 2.35. The van der Waals surface area contributed by atoms with Crippen molar-refractivity contribution in [1.82, 2.24) is 0 Å². The maximum Gasteiger partial charge on any atom is 0.187 e. The Morgan fingerprint density at radius 1 is 1.18 bits per heavy atom. The van der Waals surface area contributed by atoms with Gasteiger partial charge < -0.3 is 14.0 Å². The summed E-state index contributed by atoms with van der Waals surface area (Å²) in [5, 5.41) is 0. The molecule has 0 saturated heterocycles. The molecule has 0 heterocycles. The molecule has 1 unspecified atom stereocenters. The molecule has 0 saturated carbocycles. The fourth-order valence-electron chi connectivity index (χ4n) is 1.97. The quantitative estimate of drug-likeness (QED) is 0.654. The maximum atomic E-state index is 11.6. The second-order valence-corrected chi connectivity index (χ2v) is 5.52. The Hall–Kier alpha value is -2.18. The highest BCUT2D eigenvalue weighted by Gasteiger charge is 2.18. The maximum absolute atomic E-state index is 11.6. The topological polar surface area (TPSA) is 72.8 Å². The molecule has 0 fully saturated rings. The number of carbonyl (C=O) groups is 1. The van der Waals surface area contributed by atoms with Gasteiger partial charge in [0, 0.05) is 11.6 Å². The summed E-state index contributed by atoms with van der Waals surface area (Å²) < 4.78 is 31.6. The molecular weight excluding hydrogens is 304 g/mol. The van der Waals surface area contributed by atoms with Crippen LogP contribution in [-0.4, -0.2) is 21.7 Å². The summed E-state index contributed by atoms with van der Waals surface area (Å²) in [6.07, 6.45) is 0. The lowest BCUT2D eigenvalue weighted by Gasteiger charge is -2.14. The summed E-state index contributed by atoms with van der Waals surface area (Å²) in [5.41, 5.74) is 1.09. The first kappa shape index (κ1) is 16.2. The molecule has 6 heteroatoms. The Bertz CT molecular complexity index is 697. The summed E-state index contributed by atoms with van der Waals surface area (Å²) >= 11 is -2.29. The van der Waals surface area contributed by atoms with E-state index in [0.29, 0.717) is 11.5 Å². The van der Waals surface area contributed by atoms with Crippen molar-refractivity contribution in [1.29, 1.82) is 0 Å². The van der Waals surface area contributed by atoms with E-state index in [1.54, 1.807) is 0 Å². The van der Waals surface area contributed by atoms with Gasteiger partial charge in [-0.05, 0) is 18.6 Å². The fourth-order valence-corrected chi connectivity index (χ4v) is 2.57. The third kappa shape index (κ3) is 3.72. The molecule has 0 radical (unpaired) electrons. The van der Waals surface area contributed by atoms with Crippen molar-refractivity contribution in [2.24, 2.45) is 0 Å². The molecule has 0 amide bonds. The van der Waals surface area contributed by atoms with Crippen molar-refractivity contribution in [3.05, 3.63) is 53.6 Å². The fraction of sp³-hybridized carbons (Fsp3) is 0.188. The number of methoxy groups -OCH3 is 1. The summed E-state index contributed by atoms with van der Waals surface area (Å²) in [4.78, 5) is 11.6. The molecular formula is C16H16O5S. The first-order chi connectivity index (χ1) is 10.5. The highest BCUT2D eigenvalue weighted by Crippen LogP contribution is 2.33. The van der Waals surface area contributed by atoms with Gasteiger partial charge in [0.05, 0.1) is 12.0 Å². The minimum Gasteiger partial charge on any atom is -0.493 e. The van der Waals surface area contributed by atoms with E-state index in [0.717, 1.165) is 5.56 Å². The minimum atomic E-state index is -2.29. The van der Waals surface area contributed by atoms with E-state index in [1.807, 2.05) is 30.3 Å². The van der Waals surface area contributed by atoms with Gasteiger partial charge in [-0.3, -0.25) is 4.79 Å². The van der Waals surface area contributed by atoms with Gasteiger partial charge in [-0.25, -0.2) is 4.21 Å². The third-order valence-corrected chi connectivity index (χ3v) is 3.78. The van der Waals surface area contributed by atoms with E-state index < -0.39 is 11.1 Å². The lowest BCUT2D eigenvalue weighted by Crippen LogP contribution is -2.05. The SMILES string of the molecule is COc1cc(C(C)=O)c(S(=O)O)cc1OCc1ccccc1. The molecule has 0 aromatic heterocycles. The first-order valence-electron chi connectivity index (χ1n) is 6.53. The van der Waals surface area contributed by atoms with Gasteiger partial charge in [0.2, 0.25) is 0 Å². The smallest absolute Gasteiger partial charge is 0.187 e. The van der Waals surface area contributed by atoms with Crippen molar-refractivity contribution in [3.63, 3.8) is 0 Å². The molecule has 1 N–H and O–H groups in total. The Labute approximate surface area is 131 Å². The lowest BCUT2D eigenvalue weighted by atomic mass is 10.1. The number of rotatable bonds is 6. The van der Waals surface area contributed by atoms with Crippen LogP contribution in [0.1, 0.15) is 22.8 Å². The molecule has 116 valence electrons. The normalized spacial score (nSPS) is 11.8. The highest BCUT2D eigenvalue weighted by atomic mass is 32.2. The van der Waals surface area contributed by atoms with Gasteiger partial charge >= 0.3 is 0 Å². The van der Waals surface area contributed by atoms with Gasteiger partial charge in [0.25, 0.3) is 0 Å². The van der Waals surface area contributed by atoms with Gasteiger partial charge in [0.1, 0.15) is 6.61 Å². The summed E-state index contributed by atoms with van der Waals surface area (Å²) in [7, 11) is 1.45. The van der Waals surface area contributed by atoms with E-state index in [4.69, 9.17) is 9.47 Å². The molecule has 22 heavy (non-hydrogen) atoms. The summed E-state index contributed by atoms with van der Waals surface area (Å²) in [6, 6.07) is 12.3. The molecule has 1 atom stereocenters. The summed E-state index contributed by atoms with van der Waals surface area (Å²) in [5.74, 6) is 0.342. The molecule has 2 aromatic carbocycles. The number of hydrogen-bond acceptors (Lipinski definition) is 4. The van der Waals surface area contributed by atoms with Crippen molar-refractivity contribution >= 4 is 16.9 Å². The average Bonchev–Trinajstić information content (AvgIpc) is 2.52. The Morgan fingerprint density at radius 2 is 1.86 bits per heavy atom. The zero-order chi connectivity index (χ0) is 16.1. The predicted molar refractivity (Wildman–Crippen MR) is 82.8 cm³/mol. The van der Waals surface area contributed by atoms with Crippen LogP contribution in [0.15, 0.2) is 47.4 Å². The van der Waals surface area contributed by atoms with Crippen LogP contribution >= 0.6 is 0 Å². The van der Waals surface area contributed by atoms with E-state index in [2.05, 4.69) is 0 Å². The number of carbonyl (C=O) groups excluding carboxylic acids is 1. The molecule has 2 rings (SSSR count). The molecule has 0 aliphatic carbocycles. The third-order valence-electron chi connectivity index (χ3n) is 3.07. The van der Waals surface area contributed by atoms with Gasteiger partial charge in [-0.15, -0.1) is 0 Å². The zero-order valence-corrected chi connectivity index (χ0v) is 13.1. The van der Waals surface area contributed by atoms with Crippen LogP contribution in [0.5, 0.6) is 11.5 Å². The van der Waals surface area contributed by atoms with Gasteiger partial charge in [-0.1, -0.05) is 30.3 Å². The molecule has 0 bridgehead atoms. The molecule has 0 aliphatic heterocycles. The highest BCUT2D eigenvalue weighted by molar-refractivity contribution is 7.79. The number of Topliss-reactive ketones (excluding diaryl/α,β-unsaturated/α-hetero) is 1. The van der Waals surface area contributed by atoms with Gasteiger partial charge in [0.15, 0.2) is 28.4 Å². The number of benzene rings is 2. The van der Waals surface area contributed by atoms with Crippen LogP contribution in [0.4, 0.5) is 0 Å². The number of ether oxygens (including phenoxy) is 2. The van der Waals surface area contributed by atoms with Crippen molar-refractivity contribution in [3.8, 4) is 11.5 Å². The van der Waals surface area contributed by atoms with Crippen LogP contribution in [0.3, 0.4) is 0 Å². The van der Waals surface area contributed by atoms with E-state index in [-0.39, 0.29) is 22.8 Å². The lowest BCUT2D eigenvalue weighted by molar-refractivity contribution is 0.101. The average molecular weight is 320 g/mol. The van der Waals surface area contributed by atoms with E-state index in [1.165, 1.54) is 26.2 Å². The minimum absolute atomic E-state index is 0.0105. The Morgan fingerprint density at radius 3 is 2.41 bits per heavy atom. The molecule has 0 spiro atoms. The van der Waals surface area contributed by atoms with Crippen LogP contribution < -0.4 is 9.47 Å². The standard InChI is InChI=1S/C16H16O5S/c1-11(17)13-8-14(20-2)15(9-16(13)22(18)19)21-10-12-6-4-3-5-7-12/h3-9H,10H2,1-2H3,(H,18,19). The van der Waals surface area contributed by atoms with Crippen molar-refractivity contribution in [2.75, 3.05) is 7.11 Å². The van der Waals surface area contributed by atoms with Crippen LogP contribution in [0, 0.1) is 0 Å². The van der Waals surface area contributed by atoms with Gasteiger partial charge in [-0.2, -0.15) is 0 Å². The monoisotopic (exact) mass is 320 g/mol.